The monoisotopic (exact) mass is 346 g/mol. The largest absolute Gasteiger partial charge is 0.481 e. The summed E-state index contributed by atoms with van der Waals surface area (Å²) in [5, 5.41) is 29.4. The summed E-state index contributed by atoms with van der Waals surface area (Å²) in [5.41, 5.74) is 0.229. The molecule has 0 heterocycles. The van der Waals surface area contributed by atoms with E-state index in [0.717, 1.165) is 38.5 Å². The summed E-state index contributed by atoms with van der Waals surface area (Å²) in [6.07, 6.45) is 9.69. The van der Waals surface area contributed by atoms with Crippen LogP contribution in [0.5, 0.6) is 0 Å². The second-order valence-electron chi connectivity index (χ2n) is 7.33. The van der Waals surface area contributed by atoms with Crippen LogP contribution in [0.4, 0.5) is 0 Å². The zero-order chi connectivity index (χ0) is 18.1. The van der Waals surface area contributed by atoms with E-state index in [0.29, 0.717) is 12.8 Å². The number of aliphatic hydroxyl groups excluding tert-OH is 1. The highest BCUT2D eigenvalue weighted by atomic mass is 16.4. The van der Waals surface area contributed by atoms with Crippen LogP contribution in [0, 0.1) is 5.92 Å². The third-order valence-corrected chi connectivity index (χ3v) is 5.00. The van der Waals surface area contributed by atoms with Crippen molar-refractivity contribution in [2.75, 3.05) is 0 Å². The SMILES string of the molecule is O=C(O)C[C@]1(O)CCC[C@H](C=CC(O)CCCCc2ccccc2)C1. The lowest BCUT2D eigenvalue weighted by molar-refractivity contribution is -0.144. The van der Waals surface area contributed by atoms with Crippen molar-refractivity contribution in [1.82, 2.24) is 0 Å². The fourth-order valence-corrected chi connectivity index (χ4v) is 3.70. The highest BCUT2D eigenvalue weighted by molar-refractivity contribution is 5.68. The molecule has 3 N–H and O–H groups in total. The topological polar surface area (TPSA) is 77.8 Å². The van der Waals surface area contributed by atoms with Gasteiger partial charge >= 0.3 is 5.97 Å². The number of unbranched alkanes of at least 4 members (excludes halogenated alkanes) is 1. The van der Waals surface area contributed by atoms with Crippen LogP contribution < -0.4 is 0 Å². The van der Waals surface area contributed by atoms with E-state index in [-0.39, 0.29) is 12.3 Å². The smallest absolute Gasteiger partial charge is 0.306 e. The summed E-state index contributed by atoms with van der Waals surface area (Å²) in [5.74, 6) is -0.803. The molecule has 0 radical (unpaired) electrons. The van der Waals surface area contributed by atoms with E-state index in [2.05, 4.69) is 12.1 Å². The fourth-order valence-electron chi connectivity index (χ4n) is 3.70. The van der Waals surface area contributed by atoms with Crippen molar-refractivity contribution >= 4 is 5.97 Å². The Labute approximate surface area is 150 Å². The van der Waals surface area contributed by atoms with Gasteiger partial charge < -0.3 is 15.3 Å². The number of hydrogen-bond acceptors (Lipinski definition) is 3. The third-order valence-electron chi connectivity index (χ3n) is 5.00. The van der Waals surface area contributed by atoms with Crippen molar-refractivity contribution in [3.05, 3.63) is 48.0 Å². The number of hydrogen-bond donors (Lipinski definition) is 3. The van der Waals surface area contributed by atoms with E-state index in [9.17, 15) is 15.0 Å². The molecule has 25 heavy (non-hydrogen) atoms. The van der Waals surface area contributed by atoms with E-state index in [1.807, 2.05) is 30.4 Å². The van der Waals surface area contributed by atoms with Crippen molar-refractivity contribution in [3.8, 4) is 0 Å². The molecule has 2 rings (SSSR count). The second-order valence-corrected chi connectivity index (χ2v) is 7.33. The molecule has 3 atom stereocenters. The van der Waals surface area contributed by atoms with Crippen molar-refractivity contribution < 1.29 is 20.1 Å². The van der Waals surface area contributed by atoms with Gasteiger partial charge in [-0.1, -0.05) is 48.9 Å². The minimum atomic E-state index is -1.10. The number of carboxylic acids is 1. The molecule has 1 aromatic rings. The lowest BCUT2D eigenvalue weighted by atomic mass is 9.76. The van der Waals surface area contributed by atoms with Crippen LogP contribution in [-0.2, 0) is 11.2 Å². The van der Waals surface area contributed by atoms with Gasteiger partial charge in [0.1, 0.15) is 0 Å². The molecule has 0 aliphatic heterocycles. The first kappa shape index (κ1) is 19.7. The summed E-state index contributed by atoms with van der Waals surface area (Å²) >= 11 is 0. The first-order valence-corrected chi connectivity index (χ1v) is 9.31. The van der Waals surface area contributed by atoms with Gasteiger partial charge in [0.2, 0.25) is 0 Å². The van der Waals surface area contributed by atoms with Gasteiger partial charge in [-0.3, -0.25) is 4.79 Å². The predicted molar refractivity (Wildman–Crippen MR) is 98.3 cm³/mol. The molecule has 4 nitrogen and oxygen atoms in total. The van der Waals surface area contributed by atoms with Crippen LogP contribution in [-0.4, -0.2) is 33.0 Å². The van der Waals surface area contributed by atoms with Gasteiger partial charge in [-0.05, 0) is 56.4 Å². The maximum Gasteiger partial charge on any atom is 0.306 e. The minimum Gasteiger partial charge on any atom is -0.481 e. The quantitative estimate of drug-likeness (QED) is 0.470. The van der Waals surface area contributed by atoms with Gasteiger partial charge in [0.25, 0.3) is 0 Å². The number of benzene rings is 1. The molecule has 1 aliphatic rings. The Kier molecular flexibility index (Phi) is 7.66. The van der Waals surface area contributed by atoms with Gasteiger partial charge in [0, 0.05) is 0 Å². The van der Waals surface area contributed by atoms with Gasteiger partial charge in [0.15, 0.2) is 0 Å². The Bertz CT molecular complexity index is 554. The summed E-state index contributed by atoms with van der Waals surface area (Å²) < 4.78 is 0. The number of aliphatic hydroxyl groups is 2. The predicted octanol–water partition coefficient (Wildman–Crippen LogP) is 3.71. The first-order valence-electron chi connectivity index (χ1n) is 9.31. The number of carbonyl (C=O) groups is 1. The Morgan fingerprint density at radius 2 is 2.04 bits per heavy atom. The van der Waals surface area contributed by atoms with Gasteiger partial charge in [-0.25, -0.2) is 0 Å². The molecule has 1 aliphatic carbocycles. The average Bonchev–Trinajstić information content (AvgIpc) is 2.57. The first-order chi connectivity index (χ1) is 12.0. The third kappa shape index (κ3) is 7.41. The number of aliphatic carboxylic acids is 1. The van der Waals surface area contributed by atoms with E-state index in [1.165, 1.54) is 5.56 Å². The zero-order valence-electron chi connectivity index (χ0n) is 14.8. The van der Waals surface area contributed by atoms with Crippen LogP contribution in [0.1, 0.15) is 56.9 Å². The highest BCUT2D eigenvalue weighted by Crippen LogP contribution is 2.35. The Balaban J connectivity index is 1.68. The van der Waals surface area contributed by atoms with Crippen molar-refractivity contribution in [1.29, 1.82) is 0 Å². The molecule has 1 saturated carbocycles. The Morgan fingerprint density at radius 1 is 1.28 bits per heavy atom. The number of carboxylic acid groups (broad SMARTS) is 1. The van der Waals surface area contributed by atoms with Crippen LogP contribution in [0.25, 0.3) is 0 Å². The molecule has 0 spiro atoms. The lowest BCUT2D eigenvalue weighted by Gasteiger charge is -2.34. The Hall–Kier alpha value is -1.65. The van der Waals surface area contributed by atoms with Gasteiger partial charge in [0.05, 0.1) is 18.1 Å². The van der Waals surface area contributed by atoms with Gasteiger partial charge in [-0.15, -0.1) is 0 Å². The maximum atomic E-state index is 10.9. The molecule has 1 unspecified atom stereocenters. The van der Waals surface area contributed by atoms with Crippen molar-refractivity contribution in [2.45, 2.75) is 69.5 Å². The lowest BCUT2D eigenvalue weighted by Crippen LogP contribution is -2.37. The molecule has 1 fully saturated rings. The summed E-state index contributed by atoms with van der Waals surface area (Å²) in [6, 6.07) is 10.3. The molecule has 0 saturated heterocycles. The molecule has 138 valence electrons. The second kappa shape index (κ2) is 9.73. The normalized spacial score (nSPS) is 25.1. The fraction of sp³-hybridized carbons (Fsp3) is 0.571. The summed E-state index contributed by atoms with van der Waals surface area (Å²) in [4.78, 5) is 10.9. The molecular weight excluding hydrogens is 316 g/mol. The molecular formula is C21H30O4. The molecule has 1 aromatic carbocycles. The molecule has 0 aromatic heterocycles. The Morgan fingerprint density at radius 3 is 2.76 bits per heavy atom. The molecule has 0 amide bonds. The van der Waals surface area contributed by atoms with Crippen molar-refractivity contribution in [3.63, 3.8) is 0 Å². The van der Waals surface area contributed by atoms with Crippen molar-refractivity contribution in [2.24, 2.45) is 5.92 Å². The van der Waals surface area contributed by atoms with E-state index >= 15 is 0 Å². The average molecular weight is 346 g/mol. The number of aryl methyl sites for hydroxylation is 1. The van der Waals surface area contributed by atoms with Crippen LogP contribution >= 0.6 is 0 Å². The number of allylic oxidation sites excluding steroid dienone is 1. The zero-order valence-corrected chi connectivity index (χ0v) is 14.8. The van der Waals surface area contributed by atoms with Crippen LogP contribution in [0.3, 0.4) is 0 Å². The van der Waals surface area contributed by atoms with E-state index < -0.39 is 17.7 Å². The van der Waals surface area contributed by atoms with E-state index in [4.69, 9.17) is 5.11 Å². The molecule has 0 bridgehead atoms. The minimum absolute atomic E-state index is 0.150. The van der Waals surface area contributed by atoms with Gasteiger partial charge in [-0.2, -0.15) is 0 Å². The maximum absolute atomic E-state index is 10.9. The highest BCUT2D eigenvalue weighted by Gasteiger charge is 2.35. The molecule has 4 heteroatoms. The van der Waals surface area contributed by atoms with Crippen LogP contribution in [0.2, 0.25) is 0 Å². The van der Waals surface area contributed by atoms with E-state index in [1.54, 1.807) is 0 Å². The van der Waals surface area contributed by atoms with Crippen LogP contribution in [0.15, 0.2) is 42.5 Å². The number of rotatable bonds is 9. The summed E-state index contributed by atoms with van der Waals surface area (Å²) in [6.45, 7) is 0. The standard InChI is InChI=1S/C21H30O4/c22-19(11-5-4-9-17-7-2-1-3-8-17)13-12-18-10-6-14-21(25,15-18)16-20(23)24/h1-3,7-8,12-13,18-19,22,25H,4-6,9-11,14-16H2,(H,23,24)/t18-,19?,21+/m1/s1. The summed E-state index contributed by atoms with van der Waals surface area (Å²) in [7, 11) is 0.